The number of methoxy groups -OCH3 is 1. The highest BCUT2D eigenvalue weighted by atomic mass is 79.9. The summed E-state index contributed by atoms with van der Waals surface area (Å²) < 4.78 is 11.1. The standard InChI is InChI=1S/C15H16BrNO2/c1-11-5-12(9-17-8-11)10-19-15-6-14(18-2)4-3-13(15)7-16/h3-6,8-9H,7,10H2,1-2H3. The first-order valence-corrected chi connectivity index (χ1v) is 7.11. The molecule has 0 N–H and O–H groups in total. The molecule has 2 aromatic rings. The average Bonchev–Trinajstić information content (AvgIpc) is 2.45. The number of halogens is 1. The highest BCUT2D eigenvalue weighted by molar-refractivity contribution is 9.08. The molecule has 1 aromatic heterocycles. The van der Waals surface area contributed by atoms with Gasteiger partial charge in [0, 0.05) is 34.9 Å². The Balaban J connectivity index is 2.14. The predicted octanol–water partition coefficient (Wildman–Crippen LogP) is 3.87. The van der Waals surface area contributed by atoms with E-state index >= 15 is 0 Å². The zero-order chi connectivity index (χ0) is 13.7. The third-order valence-corrected chi connectivity index (χ3v) is 3.35. The van der Waals surface area contributed by atoms with E-state index in [0.717, 1.165) is 33.5 Å². The quantitative estimate of drug-likeness (QED) is 0.783. The van der Waals surface area contributed by atoms with Gasteiger partial charge in [0.1, 0.15) is 18.1 Å². The lowest BCUT2D eigenvalue weighted by Crippen LogP contribution is -1.99. The summed E-state index contributed by atoms with van der Waals surface area (Å²) in [5.41, 5.74) is 3.29. The molecule has 100 valence electrons. The second-order valence-electron chi connectivity index (χ2n) is 4.27. The predicted molar refractivity (Wildman–Crippen MR) is 78.9 cm³/mol. The maximum absolute atomic E-state index is 5.86. The Hall–Kier alpha value is -1.55. The van der Waals surface area contributed by atoms with Gasteiger partial charge in [-0.15, -0.1) is 0 Å². The van der Waals surface area contributed by atoms with Crippen LogP contribution in [0.15, 0.2) is 36.7 Å². The minimum absolute atomic E-state index is 0.502. The molecule has 0 spiro atoms. The second kappa shape index (κ2) is 6.57. The molecule has 1 heterocycles. The number of ether oxygens (including phenoxy) is 2. The molecule has 0 bridgehead atoms. The first-order chi connectivity index (χ1) is 9.22. The molecule has 4 heteroatoms. The van der Waals surface area contributed by atoms with Gasteiger partial charge in [0.15, 0.2) is 0 Å². The largest absolute Gasteiger partial charge is 0.497 e. The van der Waals surface area contributed by atoms with E-state index in [9.17, 15) is 0 Å². The first-order valence-electron chi connectivity index (χ1n) is 5.99. The molecule has 0 aliphatic rings. The van der Waals surface area contributed by atoms with Gasteiger partial charge in [-0.25, -0.2) is 0 Å². The van der Waals surface area contributed by atoms with Gasteiger partial charge < -0.3 is 9.47 Å². The Labute approximate surface area is 121 Å². The maximum atomic E-state index is 5.86. The van der Waals surface area contributed by atoms with Gasteiger partial charge in [-0.1, -0.05) is 22.0 Å². The van der Waals surface area contributed by atoms with Crippen molar-refractivity contribution in [3.05, 3.63) is 53.3 Å². The molecule has 2 rings (SSSR count). The number of hydrogen-bond donors (Lipinski definition) is 0. The van der Waals surface area contributed by atoms with E-state index in [1.807, 2.05) is 37.5 Å². The van der Waals surface area contributed by atoms with Crippen molar-refractivity contribution in [3.63, 3.8) is 0 Å². The van der Waals surface area contributed by atoms with Crippen LogP contribution in [0.4, 0.5) is 0 Å². The zero-order valence-electron chi connectivity index (χ0n) is 11.0. The van der Waals surface area contributed by atoms with Gasteiger partial charge >= 0.3 is 0 Å². The summed E-state index contributed by atoms with van der Waals surface area (Å²) in [6, 6.07) is 7.90. The van der Waals surface area contributed by atoms with Crippen LogP contribution in [-0.4, -0.2) is 12.1 Å². The van der Waals surface area contributed by atoms with Crippen LogP contribution in [0.25, 0.3) is 0 Å². The van der Waals surface area contributed by atoms with Crippen molar-refractivity contribution < 1.29 is 9.47 Å². The topological polar surface area (TPSA) is 31.4 Å². The fraction of sp³-hybridized carbons (Fsp3) is 0.267. The molecule has 0 saturated carbocycles. The number of benzene rings is 1. The van der Waals surface area contributed by atoms with Gasteiger partial charge in [-0.3, -0.25) is 4.98 Å². The zero-order valence-corrected chi connectivity index (χ0v) is 12.6. The van der Waals surface area contributed by atoms with E-state index in [2.05, 4.69) is 27.0 Å². The van der Waals surface area contributed by atoms with Crippen LogP contribution < -0.4 is 9.47 Å². The van der Waals surface area contributed by atoms with Crippen LogP contribution >= 0.6 is 15.9 Å². The molecule has 3 nitrogen and oxygen atoms in total. The fourth-order valence-electron chi connectivity index (χ4n) is 1.76. The van der Waals surface area contributed by atoms with E-state index in [0.29, 0.717) is 6.61 Å². The monoisotopic (exact) mass is 321 g/mol. The molecule has 0 aliphatic heterocycles. The minimum Gasteiger partial charge on any atom is -0.497 e. The Morgan fingerprint density at radius 3 is 2.74 bits per heavy atom. The molecule has 0 atom stereocenters. The summed E-state index contributed by atoms with van der Waals surface area (Å²) in [7, 11) is 1.65. The molecule has 0 radical (unpaired) electrons. The van der Waals surface area contributed by atoms with Crippen molar-refractivity contribution >= 4 is 15.9 Å². The average molecular weight is 322 g/mol. The van der Waals surface area contributed by atoms with Crippen LogP contribution in [0.2, 0.25) is 0 Å². The van der Waals surface area contributed by atoms with Gasteiger partial charge in [0.2, 0.25) is 0 Å². The van der Waals surface area contributed by atoms with E-state index < -0.39 is 0 Å². The fourth-order valence-corrected chi connectivity index (χ4v) is 2.23. The smallest absolute Gasteiger partial charge is 0.127 e. The molecule has 0 saturated heterocycles. The summed E-state index contributed by atoms with van der Waals surface area (Å²) >= 11 is 3.46. The Bertz CT molecular complexity index is 558. The Morgan fingerprint density at radius 1 is 1.21 bits per heavy atom. The number of nitrogens with zero attached hydrogens (tertiary/aromatic N) is 1. The maximum Gasteiger partial charge on any atom is 0.127 e. The number of alkyl halides is 1. The lowest BCUT2D eigenvalue weighted by atomic mass is 10.2. The van der Waals surface area contributed by atoms with Crippen molar-refractivity contribution in [3.8, 4) is 11.5 Å². The van der Waals surface area contributed by atoms with Crippen LogP contribution in [0.3, 0.4) is 0 Å². The second-order valence-corrected chi connectivity index (χ2v) is 4.83. The summed E-state index contributed by atoms with van der Waals surface area (Å²) in [6.07, 6.45) is 3.65. The Kier molecular flexibility index (Phi) is 4.80. The molecule has 0 aliphatic carbocycles. The van der Waals surface area contributed by atoms with Crippen LogP contribution in [0.5, 0.6) is 11.5 Å². The van der Waals surface area contributed by atoms with Gasteiger partial charge in [0.05, 0.1) is 7.11 Å². The van der Waals surface area contributed by atoms with E-state index in [-0.39, 0.29) is 0 Å². The number of aryl methyl sites for hydroxylation is 1. The van der Waals surface area contributed by atoms with Crippen LogP contribution in [0, 0.1) is 6.92 Å². The van der Waals surface area contributed by atoms with Gasteiger partial charge in [-0.05, 0) is 24.6 Å². The van der Waals surface area contributed by atoms with Crippen LogP contribution in [0.1, 0.15) is 16.7 Å². The van der Waals surface area contributed by atoms with Gasteiger partial charge in [0.25, 0.3) is 0 Å². The van der Waals surface area contributed by atoms with Crippen molar-refractivity contribution in [2.24, 2.45) is 0 Å². The first kappa shape index (κ1) is 13.9. The molecule has 19 heavy (non-hydrogen) atoms. The third-order valence-electron chi connectivity index (χ3n) is 2.74. The molecule has 0 amide bonds. The summed E-state index contributed by atoms with van der Waals surface area (Å²) in [5.74, 6) is 1.62. The summed E-state index contributed by atoms with van der Waals surface area (Å²) in [4.78, 5) is 4.16. The van der Waals surface area contributed by atoms with E-state index in [4.69, 9.17) is 9.47 Å². The van der Waals surface area contributed by atoms with Crippen molar-refractivity contribution in [2.75, 3.05) is 7.11 Å². The van der Waals surface area contributed by atoms with Crippen LogP contribution in [-0.2, 0) is 11.9 Å². The minimum atomic E-state index is 0.502. The van der Waals surface area contributed by atoms with Crippen molar-refractivity contribution in [1.82, 2.24) is 4.98 Å². The van der Waals surface area contributed by atoms with Crippen molar-refractivity contribution in [1.29, 1.82) is 0 Å². The number of pyridine rings is 1. The van der Waals surface area contributed by atoms with Gasteiger partial charge in [-0.2, -0.15) is 0 Å². The highest BCUT2D eigenvalue weighted by Gasteiger charge is 2.05. The number of aromatic nitrogens is 1. The number of rotatable bonds is 5. The summed E-state index contributed by atoms with van der Waals surface area (Å²) in [5, 5.41) is 0.748. The molecular weight excluding hydrogens is 306 g/mol. The molecule has 0 unspecified atom stereocenters. The third kappa shape index (κ3) is 3.70. The van der Waals surface area contributed by atoms with E-state index in [1.54, 1.807) is 7.11 Å². The molecule has 0 fully saturated rings. The lowest BCUT2D eigenvalue weighted by molar-refractivity contribution is 0.301. The lowest BCUT2D eigenvalue weighted by Gasteiger charge is -2.11. The normalized spacial score (nSPS) is 10.3. The Morgan fingerprint density at radius 2 is 2.05 bits per heavy atom. The number of hydrogen-bond acceptors (Lipinski definition) is 3. The molecular formula is C15H16BrNO2. The SMILES string of the molecule is COc1ccc(CBr)c(OCc2cncc(C)c2)c1. The van der Waals surface area contributed by atoms with E-state index in [1.165, 1.54) is 0 Å². The summed E-state index contributed by atoms with van der Waals surface area (Å²) in [6.45, 7) is 2.52. The highest BCUT2D eigenvalue weighted by Crippen LogP contribution is 2.27. The van der Waals surface area contributed by atoms with Crippen molar-refractivity contribution in [2.45, 2.75) is 18.9 Å². The molecule has 1 aromatic carbocycles.